The molecule has 1 aromatic carbocycles. The number of anilines is 1. The summed E-state index contributed by atoms with van der Waals surface area (Å²) in [6.45, 7) is 8.26. The topological polar surface area (TPSA) is 70.7 Å². The van der Waals surface area contributed by atoms with Gasteiger partial charge in [-0.3, -0.25) is 15.0 Å². The van der Waals surface area contributed by atoms with E-state index in [1.807, 2.05) is 32.9 Å². The highest BCUT2D eigenvalue weighted by Crippen LogP contribution is 2.27. The smallest absolute Gasteiger partial charge is 0.412 e. The van der Waals surface area contributed by atoms with Gasteiger partial charge in [0.2, 0.25) is 5.91 Å². The number of ether oxygens (including phenoxy) is 1. The first-order chi connectivity index (χ1) is 14.3. The number of carbonyl (C=O) groups excluding carboxylic acids is 2. The number of carbonyl (C=O) groups is 2. The highest BCUT2D eigenvalue weighted by Gasteiger charge is 2.24. The fourth-order valence-electron chi connectivity index (χ4n) is 3.53. The fourth-order valence-corrected chi connectivity index (χ4v) is 4.39. The largest absolute Gasteiger partial charge is 0.444 e. The zero-order chi connectivity index (χ0) is 21.6. The van der Waals surface area contributed by atoms with Crippen molar-refractivity contribution in [3.63, 3.8) is 0 Å². The van der Waals surface area contributed by atoms with Gasteiger partial charge in [0.05, 0.1) is 12.5 Å². The minimum Gasteiger partial charge on any atom is -0.444 e. The summed E-state index contributed by atoms with van der Waals surface area (Å²) in [6.07, 6.45) is 2.26. The van der Waals surface area contributed by atoms with Gasteiger partial charge in [-0.05, 0) is 75.8 Å². The van der Waals surface area contributed by atoms with Crippen molar-refractivity contribution in [2.75, 3.05) is 25.0 Å². The van der Waals surface area contributed by atoms with Crippen LogP contribution in [0, 0.1) is 0 Å². The van der Waals surface area contributed by atoms with Crippen molar-refractivity contribution in [2.45, 2.75) is 51.7 Å². The molecule has 2 amide bonds. The van der Waals surface area contributed by atoms with Crippen LogP contribution in [0.5, 0.6) is 0 Å². The summed E-state index contributed by atoms with van der Waals surface area (Å²) in [5, 5.41) is 7.90. The summed E-state index contributed by atoms with van der Waals surface area (Å²) in [5.74, 6) is 0.00334. The van der Waals surface area contributed by atoms with Gasteiger partial charge in [-0.15, -0.1) is 11.3 Å². The lowest BCUT2D eigenvalue weighted by molar-refractivity contribution is -0.120. The molecule has 1 aliphatic rings. The van der Waals surface area contributed by atoms with Gasteiger partial charge >= 0.3 is 6.09 Å². The molecule has 0 bridgehead atoms. The molecule has 0 radical (unpaired) electrons. The standard InChI is InChI=1S/C23H31N3O3S/c1-23(2,3)29-22(28)25-18-10-8-17(9-11-18)15-21(27)24-16-19(20-7-6-14-30-20)26-12-4-5-13-26/h6-11,14,19H,4-5,12-13,15-16H2,1-3H3,(H,24,27)(H,25,28)/t19-/m1/s1. The van der Waals surface area contributed by atoms with Crippen molar-refractivity contribution < 1.29 is 14.3 Å². The van der Waals surface area contributed by atoms with Crippen LogP contribution in [0.2, 0.25) is 0 Å². The van der Waals surface area contributed by atoms with Crippen LogP contribution in [-0.4, -0.2) is 42.1 Å². The third kappa shape index (κ3) is 6.85. The Bertz CT molecular complexity index is 822. The molecule has 2 aromatic rings. The molecule has 30 heavy (non-hydrogen) atoms. The Kier molecular flexibility index (Phi) is 7.50. The molecule has 0 saturated carbocycles. The number of rotatable bonds is 7. The van der Waals surface area contributed by atoms with E-state index in [0.717, 1.165) is 18.7 Å². The van der Waals surface area contributed by atoms with Crippen LogP contribution in [0.3, 0.4) is 0 Å². The Morgan fingerprint density at radius 1 is 1.13 bits per heavy atom. The van der Waals surface area contributed by atoms with Gasteiger partial charge in [-0.25, -0.2) is 4.79 Å². The summed E-state index contributed by atoms with van der Waals surface area (Å²) in [5.41, 5.74) is 0.995. The van der Waals surface area contributed by atoms with E-state index in [4.69, 9.17) is 4.74 Å². The quantitative estimate of drug-likeness (QED) is 0.675. The number of likely N-dealkylation sites (tertiary alicyclic amines) is 1. The van der Waals surface area contributed by atoms with Crippen molar-refractivity contribution in [2.24, 2.45) is 0 Å². The van der Waals surface area contributed by atoms with Crippen LogP contribution in [0.25, 0.3) is 0 Å². The monoisotopic (exact) mass is 429 g/mol. The number of amides is 2. The van der Waals surface area contributed by atoms with Gasteiger partial charge in [0.25, 0.3) is 0 Å². The number of hydrogen-bond donors (Lipinski definition) is 2. The highest BCUT2D eigenvalue weighted by atomic mass is 32.1. The molecule has 6 nitrogen and oxygen atoms in total. The minimum absolute atomic E-state index is 0.00334. The Morgan fingerprint density at radius 2 is 1.83 bits per heavy atom. The van der Waals surface area contributed by atoms with Crippen LogP contribution < -0.4 is 10.6 Å². The lowest BCUT2D eigenvalue weighted by Crippen LogP contribution is -2.37. The van der Waals surface area contributed by atoms with Crippen LogP contribution in [0.1, 0.15) is 50.1 Å². The van der Waals surface area contributed by atoms with Crippen molar-refractivity contribution in [3.05, 3.63) is 52.2 Å². The molecular formula is C23H31N3O3S. The lowest BCUT2D eigenvalue weighted by atomic mass is 10.1. The molecule has 0 unspecified atom stereocenters. The molecule has 1 atom stereocenters. The Morgan fingerprint density at radius 3 is 2.43 bits per heavy atom. The summed E-state index contributed by atoms with van der Waals surface area (Å²) in [4.78, 5) is 28.1. The number of hydrogen-bond acceptors (Lipinski definition) is 5. The molecule has 7 heteroatoms. The van der Waals surface area contributed by atoms with E-state index in [9.17, 15) is 9.59 Å². The molecular weight excluding hydrogens is 398 g/mol. The predicted molar refractivity (Wildman–Crippen MR) is 121 cm³/mol. The molecule has 2 N–H and O–H groups in total. The SMILES string of the molecule is CC(C)(C)OC(=O)Nc1ccc(CC(=O)NC[C@H](c2cccs2)N2CCCC2)cc1. The minimum atomic E-state index is -0.543. The van der Waals surface area contributed by atoms with E-state index in [-0.39, 0.29) is 11.9 Å². The van der Waals surface area contributed by atoms with Crippen LogP contribution in [-0.2, 0) is 16.0 Å². The fraction of sp³-hybridized carbons (Fsp3) is 0.478. The van der Waals surface area contributed by atoms with Gasteiger partial charge in [-0.1, -0.05) is 18.2 Å². The van der Waals surface area contributed by atoms with Crippen molar-refractivity contribution in [3.8, 4) is 0 Å². The average Bonchev–Trinajstić information content (AvgIpc) is 3.36. The van der Waals surface area contributed by atoms with Crippen LogP contribution >= 0.6 is 11.3 Å². The van der Waals surface area contributed by atoms with E-state index in [2.05, 4.69) is 33.0 Å². The molecule has 1 aliphatic heterocycles. The molecule has 0 spiro atoms. The van der Waals surface area contributed by atoms with E-state index in [1.165, 1.54) is 17.7 Å². The van der Waals surface area contributed by atoms with Gasteiger partial charge in [-0.2, -0.15) is 0 Å². The normalized spacial score (nSPS) is 15.6. The van der Waals surface area contributed by atoms with Gasteiger partial charge < -0.3 is 10.1 Å². The Labute approximate surface area is 182 Å². The van der Waals surface area contributed by atoms with Gasteiger partial charge in [0, 0.05) is 17.1 Å². The molecule has 1 aromatic heterocycles. The van der Waals surface area contributed by atoms with Crippen LogP contribution in [0.4, 0.5) is 10.5 Å². The van der Waals surface area contributed by atoms with Gasteiger partial charge in [0.1, 0.15) is 5.60 Å². The third-order valence-electron chi connectivity index (χ3n) is 4.91. The summed E-state index contributed by atoms with van der Waals surface area (Å²) < 4.78 is 5.25. The van der Waals surface area contributed by atoms with Crippen molar-refractivity contribution in [1.82, 2.24) is 10.2 Å². The Hall–Kier alpha value is -2.38. The number of benzene rings is 1. The van der Waals surface area contributed by atoms with Crippen molar-refractivity contribution in [1.29, 1.82) is 0 Å². The molecule has 3 rings (SSSR count). The molecule has 0 aliphatic carbocycles. The van der Waals surface area contributed by atoms with E-state index >= 15 is 0 Å². The van der Waals surface area contributed by atoms with E-state index in [1.54, 1.807) is 23.5 Å². The zero-order valence-corrected chi connectivity index (χ0v) is 18.8. The Balaban J connectivity index is 1.50. The maximum Gasteiger partial charge on any atom is 0.412 e. The second kappa shape index (κ2) is 10.1. The maximum absolute atomic E-state index is 12.5. The summed E-state index contributed by atoms with van der Waals surface area (Å²) in [6, 6.07) is 11.7. The second-order valence-corrected chi connectivity index (χ2v) is 9.56. The first-order valence-corrected chi connectivity index (χ1v) is 11.3. The first-order valence-electron chi connectivity index (χ1n) is 10.4. The van der Waals surface area contributed by atoms with Crippen molar-refractivity contribution >= 4 is 29.0 Å². The molecule has 1 saturated heterocycles. The van der Waals surface area contributed by atoms with E-state index in [0.29, 0.717) is 18.7 Å². The number of thiophene rings is 1. The average molecular weight is 430 g/mol. The number of nitrogens with zero attached hydrogens (tertiary/aromatic N) is 1. The second-order valence-electron chi connectivity index (χ2n) is 8.58. The maximum atomic E-state index is 12.5. The highest BCUT2D eigenvalue weighted by molar-refractivity contribution is 7.10. The third-order valence-corrected chi connectivity index (χ3v) is 5.88. The molecule has 1 fully saturated rings. The predicted octanol–water partition coefficient (Wildman–Crippen LogP) is 4.59. The molecule has 162 valence electrons. The number of nitrogens with one attached hydrogen (secondary N) is 2. The first kappa shape index (κ1) is 22.3. The lowest BCUT2D eigenvalue weighted by Gasteiger charge is -2.27. The van der Waals surface area contributed by atoms with Gasteiger partial charge in [0.15, 0.2) is 0 Å². The zero-order valence-electron chi connectivity index (χ0n) is 17.9. The molecule has 2 heterocycles. The summed E-state index contributed by atoms with van der Waals surface area (Å²) in [7, 11) is 0. The van der Waals surface area contributed by atoms with Crippen LogP contribution in [0.15, 0.2) is 41.8 Å². The van der Waals surface area contributed by atoms with E-state index < -0.39 is 11.7 Å². The summed E-state index contributed by atoms with van der Waals surface area (Å²) >= 11 is 1.75.